The van der Waals surface area contributed by atoms with Gasteiger partial charge < -0.3 is 5.32 Å². The molecule has 1 amide bonds. The van der Waals surface area contributed by atoms with Crippen molar-refractivity contribution >= 4 is 62.5 Å². The molecule has 0 saturated heterocycles. The van der Waals surface area contributed by atoms with Gasteiger partial charge in [0.1, 0.15) is 0 Å². The Morgan fingerprint density at radius 2 is 1.90 bits per heavy atom. The van der Waals surface area contributed by atoms with Crippen LogP contribution in [0.15, 0.2) is 45.8 Å². The first kappa shape index (κ1) is 16.7. The second-order valence-corrected chi connectivity index (χ2v) is 7.06. The molecule has 0 aliphatic carbocycles. The Morgan fingerprint density at radius 1 is 1.24 bits per heavy atom. The van der Waals surface area contributed by atoms with Crippen molar-refractivity contribution in [1.29, 1.82) is 0 Å². The van der Waals surface area contributed by atoms with Crippen LogP contribution in [0.1, 0.15) is 5.56 Å². The van der Waals surface area contributed by atoms with E-state index in [1.54, 1.807) is 18.2 Å². The van der Waals surface area contributed by atoms with Crippen LogP contribution in [-0.2, 0) is 4.79 Å². The predicted octanol–water partition coefficient (Wildman–Crippen LogP) is 5.80. The molecule has 0 unspecified atom stereocenters. The smallest absolute Gasteiger partial charge is 0.234 e. The lowest BCUT2D eigenvalue weighted by molar-refractivity contribution is -0.113. The quantitative estimate of drug-likeness (QED) is 0.652. The lowest BCUT2D eigenvalue weighted by Gasteiger charge is -2.09. The highest BCUT2D eigenvalue weighted by atomic mass is 79.9. The molecule has 2 aromatic carbocycles. The van der Waals surface area contributed by atoms with Gasteiger partial charge in [-0.05, 0) is 42.8 Å². The standard InChI is InChI=1S/C15H12BrCl2NOS/c1-9-7-10(16)5-6-13(9)19-14(20)8-21-15-11(17)3-2-4-12(15)18/h2-7H,8H2,1H3,(H,19,20). The van der Waals surface area contributed by atoms with Crippen molar-refractivity contribution in [1.82, 2.24) is 0 Å². The van der Waals surface area contributed by atoms with Gasteiger partial charge >= 0.3 is 0 Å². The van der Waals surface area contributed by atoms with Crippen LogP contribution in [0.2, 0.25) is 10.0 Å². The molecule has 0 atom stereocenters. The summed E-state index contributed by atoms with van der Waals surface area (Å²) in [6.07, 6.45) is 0. The molecule has 0 heterocycles. The first-order chi connectivity index (χ1) is 9.97. The maximum Gasteiger partial charge on any atom is 0.234 e. The summed E-state index contributed by atoms with van der Waals surface area (Å²) in [5.74, 6) is 0.153. The Balaban J connectivity index is 1.99. The summed E-state index contributed by atoms with van der Waals surface area (Å²) >= 11 is 16.9. The Labute approximate surface area is 146 Å². The van der Waals surface area contributed by atoms with Crippen LogP contribution >= 0.6 is 50.9 Å². The average Bonchev–Trinajstić information content (AvgIpc) is 2.41. The van der Waals surface area contributed by atoms with Crippen molar-refractivity contribution in [2.45, 2.75) is 11.8 Å². The number of amides is 1. The van der Waals surface area contributed by atoms with Crippen molar-refractivity contribution < 1.29 is 4.79 Å². The molecule has 0 radical (unpaired) electrons. The minimum atomic E-state index is -0.0959. The summed E-state index contributed by atoms with van der Waals surface area (Å²) in [6, 6.07) is 11.0. The second kappa shape index (κ2) is 7.54. The zero-order chi connectivity index (χ0) is 15.4. The van der Waals surface area contributed by atoms with E-state index in [0.717, 1.165) is 20.6 Å². The third kappa shape index (κ3) is 4.65. The first-order valence-corrected chi connectivity index (χ1v) is 8.63. The van der Waals surface area contributed by atoms with Gasteiger partial charge in [0.25, 0.3) is 0 Å². The maximum absolute atomic E-state index is 12.0. The predicted molar refractivity (Wildman–Crippen MR) is 94.7 cm³/mol. The highest BCUT2D eigenvalue weighted by Gasteiger charge is 2.10. The largest absolute Gasteiger partial charge is 0.325 e. The van der Waals surface area contributed by atoms with Crippen LogP contribution in [0, 0.1) is 6.92 Å². The monoisotopic (exact) mass is 403 g/mol. The number of hydrogen-bond donors (Lipinski definition) is 1. The van der Waals surface area contributed by atoms with Gasteiger partial charge in [-0.3, -0.25) is 4.79 Å². The highest BCUT2D eigenvalue weighted by molar-refractivity contribution is 9.10. The molecule has 6 heteroatoms. The molecule has 0 bridgehead atoms. The minimum Gasteiger partial charge on any atom is -0.325 e. The summed E-state index contributed by atoms with van der Waals surface area (Å²) in [7, 11) is 0. The number of benzene rings is 2. The Hall–Kier alpha value is -0.680. The van der Waals surface area contributed by atoms with E-state index in [2.05, 4.69) is 21.2 Å². The van der Waals surface area contributed by atoms with Gasteiger partial charge in [0, 0.05) is 15.1 Å². The fourth-order valence-corrected chi connectivity index (χ4v) is 3.67. The molecule has 110 valence electrons. The van der Waals surface area contributed by atoms with E-state index < -0.39 is 0 Å². The normalized spacial score (nSPS) is 10.5. The number of carbonyl (C=O) groups excluding carboxylic acids is 1. The number of carbonyl (C=O) groups is 1. The van der Waals surface area contributed by atoms with Crippen molar-refractivity contribution in [2.24, 2.45) is 0 Å². The van der Waals surface area contributed by atoms with Gasteiger partial charge in [0.15, 0.2) is 0 Å². The number of halogens is 3. The Morgan fingerprint density at radius 3 is 2.52 bits per heavy atom. The summed E-state index contributed by atoms with van der Waals surface area (Å²) in [6.45, 7) is 1.94. The lowest BCUT2D eigenvalue weighted by Crippen LogP contribution is -2.14. The molecule has 0 aromatic heterocycles. The first-order valence-electron chi connectivity index (χ1n) is 6.10. The molecule has 1 N–H and O–H groups in total. The van der Waals surface area contributed by atoms with E-state index in [1.807, 2.05) is 25.1 Å². The summed E-state index contributed by atoms with van der Waals surface area (Å²) in [4.78, 5) is 12.7. The number of rotatable bonds is 4. The van der Waals surface area contributed by atoms with Gasteiger partial charge in [-0.15, -0.1) is 11.8 Å². The van der Waals surface area contributed by atoms with E-state index in [4.69, 9.17) is 23.2 Å². The van der Waals surface area contributed by atoms with Gasteiger partial charge in [0.05, 0.1) is 15.8 Å². The topological polar surface area (TPSA) is 29.1 Å². The lowest BCUT2D eigenvalue weighted by atomic mass is 10.2. The van der Waals surface area contributed by atoms with E-state index in [9.17, 15) is 4.79 Å². The van der Waals surface area contributed by atoms with E-state index in [1.165, 1.54) is 11.8 Å². The molecule has 21 heavy (non-hydrogen) atoms. The van der Waals surface area contributed by atoms with E-state index in [0.29, 0.717) is 10.0 Å². The Bertz CT molecular complexity index is 658. The van der Waals surface area contributed by atoms with Crippen LogP contribution in [0.4, 0.5) is 5.69 Å². The van der Waals surface area contributed by atoms with Crippen molar-refractivity contribution in [3.8, 4) is 0 Å². The molecular formula is C15H12BrCl2NOS. The SMILES string of the molecule is Cc1cc(Br)ccc1NC(=O)CSc1c(Cl)cccc1Cl. The zero-order valence-electron chi connectivity index (χ0n) is 11.1. The highest BCUT2D eigenvalue weighted by Crippen LogP contribution is 2.33. The molecular weight excluding hydrogens is 393 g/mol. The number of thioether (sulfide) groups is 1. The molecule has 0 aliphatic heterocycles. The Kier molecular flexibility index (Phi) is 5.99. The summed E-state index contributed by atoms with van der Waals surface area (Å²) < 4.78 is 0.982. The van der Waals surface area contributed by atoms with Gasteiger partial charge in [0.2, 0.25) is 5.91 Å². The number of nitrogens with one attached hydrogen (secondary N) is 1. The molecule has 0 fully saturated rings. The van der Waals surface area contributed by atoms with Crippen LogP contribution in [0.3, 0.4) is 0 Å². The molecule has 2 nitrogen and oxygen atoms in total. The van der Waals surface area contributed by atoms with Crippen LogP contribution < -0.4 is 5.32 Å². The minimum absolute atomic E-state index is 0.0959. The van der Waals surface area contributed by atoms with Crippen LogP contribution in [0.5, 0.6) is 0 Å². The molecule has 2 rings (SSSR count). The molecule has 0 spiro atoms. The fraction of sp³-hybridized carbons (Fsp3) is 0.133. The molecule has 0 aliphatic rings. The maximum atomic E-state index is 12.0. The molecule has 0 saturated carbocycles. The average molecular weight is 405 g/mol. The number of anilines is 1. The van der Waals surface area contributed by atoms with Crippen LogP contribution in [0.25, 0.3) is 0 Å². The number of aryl methyl sites for hydroxylation is 1. The number of hydrogen-bond acceptors (Lipinski definition) is 2. The molecule has 2 aromatic rings. The van der Waals surface area contributed by atoms with Gasteiger partial charge in [-0.1, -0.05) is 45.2 Å². The van der Waals surface area contributed by atoms with Gasteiger partial charge in [-0.25, -0.2) is 0 Å². The van der Waals surface area contributed by atoms with Crippen molar-refractivity contribution in [3.05, 3.63) is 56.5 Å². The van der Waals surface area contributed by atoms with E-state index >= 15 is 0 Å². The summed E-state index contributed by atoms with van der Waals surface area (Å²) in [5, 5.41) is 3.99. The zero-order valence-corrected chi connectivity index (χ0v) is 15.0. The van der Waals surface area contributed by atoms with E-state index in [-0.39, 0.29) is 11.7 Å². The van der Waals surface area contributed by atoms with Crippen molar-refractivity contribution in [2.75, 3.05) is 11.1 Å². The van der Waals surface area contributed by atoms with Crippen LogP contribution in [-0.4, -0.2) is 11.7 Å². The third-order valence-corrected chi connectivity index (χ3v) is 5.21. The van der Waals surface area contributed by atoms with Gasteiger partial charge in [-0.2, -0.15) is 0 Å². The summed E-state index contributed by atoms with van der Waals surface area (Å²) in [5.41, 5.74) is 1.80. The van der Waals surface area contributed by atoms with Crippen molar-refractivity contribution in [3.63, 3.8) is 0 Å². The fourth-order valence-electron chi connectivity index (χ4n) is 1.71. The third-order valence-electron chi connectivity index (χ3n) is 2.73. The second-order valence-electron chi connectivity index (χ2n) is 4.35.